The van der Waals surface area contributed by atoms with E-state index in [1.165, 1.54) is 55.6 Å². The number of piperidine rings is 1. The summed E-state index contributed by atoms with van der Waals surface area (Å²) in [6, 6.07) is 4.31. The van der Waals surface area contributed by atoms with Gasteiger partial charge in [-0.3, -0.25) is 9.69 Å². The van der Waals surface area contributed by atoms with E-state index < -0.39 is 0 Å². The maximum absolute atomic E-state index is 10.3. The molecule has 2 aliphatic heterocycles. The highest BCUT2D eigenvalue weighted by atomic mass is 32.1. The number of amides is 1. The number of ether oxygens (including phenoxy) is 1. The summed E-state index contributed by atoms with van der Waals surface area (Å²) in [5.41, 5.74) is 8.69. The van der Waals surface area contributed by atoms with Crippen LogP contribution in [0, 0.1) is 0 Å². The topological polar surface area (TPSA) is 96.6 Å². The molecule has 10 heteroatoms. The Morgan fingerprint density at radius 1 is 1.14 bits per heavy atom. The highest BCUT2D eigenvalue weighted by Gasteiger charge is 2.31. The molecular formula is C26H34N6O2S2. The van der Waals surface area contributed by atoms with Gasteiger partial charge < -0.3 is 20.7 Å². The minimum absolute atomic E-state index is 0.585. The summed E-state index contributed by atoms with van der Waals surface area (Å²) in [7, 11) is 1.63. The van der Waals surface area contributed by atoms with Gasteiger partial charge >= 0.3 is 0 Å². The van der Waals surface area contributed by atoms with Gasteiger partial charge in [-0.2, -0.15) is 0 Å². The lowest BCUT2D eigenvalue weighted by Gasteiger charge is -2.45. The Hall–Kier alpha value is -2.56. The second-order valence-electron chi connectivity index (χ2n) is 9.66. The molecule has 0 saturated carbocycles. The van der Waals surface area contributed by atoms with Crippen LogP contribution in [0.5, 0.6) is 5.75 Å². The van der Waals surface area contributed by atoms with Crippen LogP contribution < -0.4 is 15.8 Å². The molecule has 2 fully saturated rings. The summed E-state index contributed by atoms with van der Waals surface area (Å²) >= 11 is 6.19. The number of carbonyl (C=O) groups is 1. The third kappa shape index (κ3) is 5.26. The van der Waals surface area contributed by atoms with E-state index >= 15 is 0 Å². The second-order valence-corrected chi connectivity index (χ2v) is 11.2. The molecule has 0 unspecified atom stereocenters. The number of likely N-dealkylation sites (tertiary alicyclic amines) is 2. The number of nitrogens with zero attached hydrogens (tertiary/aromatic N) is 4. The number of hydrogen-bond donors (Lipinski definition) is 3. The molecule has 1 aromatic carbocycles. The number of carbonyl (C=O) groups excluding carboxylic acids is 1. The van der Waals surface area contributed by atoms with Gasteiger partial charge in [0.2, 0.25) is 6.41 Å². The predicted molar refractivity (Wildman–Crippen MR) is 149 cm³/mol. The number of nitrogens with one attached hydrogen (secondary N) is 1. The molecule has 0 spiro atoms. The minimum Gasteiger partial charge on any atom is -0.494 e. The summed E-state index contributed by atoms with van der Waals surface area (Å²) in [5.74, 6) is 1.48. The Labute approximate surface area is 221 Å². The zero-order valence-electron chi connectivity index (χ0n) is 20.7. The van der Waals surface area contributed by atoms with E-state index in [0.29, 0.717) is 22.4 Å². The maximum Gasteiger partial charge on any atom is 0.209 e. The van der Waals surface area contributed by atoms with Crippen LogP contribution >= 0.6 is 24.0 Å². The van der Waals surface area contributed by atoms with E-state index in [9.17, 15) is 4.79 Å². The number of nitrogen functional groups attached to an aromatic ring is 1. The SMILES string of the molecule is COc1cc(N)c(S)cc1Nc1ncnc2sc3c(c12)CCCC3.O=CN1CC(N2CCCCC2)C1. The Bertz CT molecular complexity index is 1220. The van der Waals surface area contributed by atoms with Gasteiger partial charge in [0.1, 0.15) is 22.7 Å². The largest absolute Gasteiger partial charge is 0.494 e. The number of hydrogen-bond acceptors (Lipinski definition) is 9. The summed E-state index contributed by atoms with van der Waals surface area (Å²) in [5, 5.41) is 4.53. The van der Waals surface area contributed by atoms with E-state index in [2.05, 4.69) is 32.8 Å². The zero-order chi connectivity index (χ0) is 25.1. The molecule has 3 aromatic rings. The molecule has 0 radical (unpaired) electrons. The number of aryl methyl sites for hydroxylation is 2. The van der Waals surface area contributed by atoms with Crippen LogP contribution in [0.3, 0.4) is 0 Å². The molecule has 3 N–H and O–H groups in total. The summed E-state index contributed by atoms with van der Waals surface area (Å²) in [4.78, 5) is 26.8. The van der Waals surface area contributed by atoms with Crippen LogP contribution in [0.2, 0.25) is 0 Å². The summed E-state index contributed by atoms with van der Waals surface area (Å²) < 4.78 is 5.44. The summed E-state index contributed by atoms with van der Waals surface area (Å²) in [6.45, 7) is 4.42. The predicted octanol–water partition coefficient (Wildman–Crippen LogP) is 4.51. The van der Waals surface area contributed by atoms with Crippen molar-refractivity contribution < 1.29 is 9.53 Å². The first kappa shape index (κ1) is 25.1. The van der Waals surface area contributed by atoms with E-state index in [4.69, 9.17) is 10.5 Å². The first-order chi connectivity index (χ1) is 17.6. The molecule has 36 heavy (non-hydrogen) atoms. The fourth-order valence-electron chi connectivity index (χ4n) is 5.25. The Kier molecular flexibility index (Phi) is 7.83. The highest BCUT2D eigenvalue weighted by molar-refractivity contribution is 7.80. The van der Waals surface area contributed by atoms with E-state index in [1.807, 2.05) is 11.0 Å². The lowest BCUT2D eigenvalue weighted by molar-refractivity contribution is -0.125. The quantitative estimate of drug-likeness (QED) is 0.256. The molecule has 4 heterocycles. The first-order valence-corrected chi connectivity index (χ1v) is 14.0. The lowest BCUT2D eigenvalue weighted by Crippen LogP contribution is -2.59. The molecule has 0 bridgehead atoms. The number of thiol groups is 1. The van der Waals surface area contributed by atoms with Crippen LogP contribution in [0.4, 0.5) is 17.2 Å². The van der Waals surface area contributed by atoms with Crippen molar-refractivity contribution in [1.29, 1.82) is 0 Å². The number of fused-ring (bicyclic) bond motifs is 3. The fourth-order valence-corrected chi connectivity index (χ4v) is 6.67. The fraction of sp³-hybridized carbons (Fsp3) is 0.500. The number of thiophene rings is 1. The number of methoxy groups -OCH3 is 1. The van der Waals surface area contributed by atoms with Crippen molar-refractivity contribution in [2.45, 2.75) is 55.9 Å². The maximum atomic E-state index is 10.3. The van der Waals surface area contributed by atoms with Crippen LogP contribution in [0.15, 0.2) is 23.4 Å². The molecule has 192 valence electrons. The molecule has 2 saturated heterocycles. The van der Waals surface area contributed by atoms with Crippen LogP contribution in [0.1, 0.15) is 42.5 Å². The molecule has 2 aromatic heterocycles. The first-order valence-electron chi connectivity index (χ1n) is 12.7. The Morgan fingerprint density at radius 2 is 1.92 bits per heavy atom. The van der Waals surface area contributed by atoms with E-state index in [-0.39, 0.29) is 0 Å². The number of anilines is 3. The Balaban J connectivity index is 0.000000186. The van der Waals surface area contributed by atoms with Gasteiger partial charge in [-0.1, -0.05) is 6.42 Å². The summed E-state index contributed by atoms with van der Waals surface area (Å²) in [6.07, 6.45) is 11.4. The van der Waals surface area contributed by atoms with Crippen molar-refractivity contribution in [3.63, 3.8) is 0 Å². The smallest absolute Gasteiger partial charge is 0.209 e. The van der Waals surface area contributed by atoms with E-state index in [1.54, 1.807) is 30.8 Å². The lowest BCUT2D eigenvalue weighted by atomic mass is 9.97. The van der Waals surface area contributed by atoms with Crippen LogP contribution in [-0.2, 0) is 17.6 Å². The molecule has 8 nitrogen and oxygen atoms in total. The van der Waals surface area contributed by atoms with Crippen molar-refractivity contribution in [2.24, 2.45) is 0 Å². The van der Waals surface area contributed by atoms with Crippen molar-refractivity contribution in [1.82, 2.24) is 19.8 Å². The highest BCUT2D eigenvalue weighted by Crippen LogP contribution is 2.40. The average molecular weight is 527 g/mol. The molecule has 6 rings (SSSR count). The molecule has 0 atom stereocenters. The van der Waals surface area contributed by atoms with Crippen LogP contribution in [-0.4, -0.2) is 65.5 Å². The van der Waals surface area contributed by atoms with Gasteiger partial charge in [-0.25, -0.2) is 9.97 Å². The Morgan fingerprint density at radius 3 is 2.67 bits per heavy atom. The monoisotopic (exact) mass is 526 g/mol. The van der Waals surface area contributed by atoms with Gasteiger partial charge in [0.05, 0.1) is 18.2 Å². The molecule has 3 aliphatic rings. The van der Waals surface area contributed by atoms with Gasteiger partial charge in [0.15, 0.2) is 0 Å². The van der Waals surface area contributed by atoms with Crippen molar-refractivity contribution in [3.05, 3.63) is 28.9 Å². The standard InChI is InChI=1S/C17H18N4OS2.C9H16N2O/c1-22-12-6-10(18)13(23)7-11(12)21-16-15-9-4-2-3-5-14(9)24-17(15)20-8-19-16;12-8-10-6-9(7-10)11-4-2-1-3-5-11/h6-8,23H,2-5,18H2,1H3,(H,19,20,21);8-9H,1-7H2. The van der Waals surface area contributed by atoms with Crippen LogP contribution in [0.25, 0.3) is 10.2 Å². The zero-order valence-corrected chi connectivity index (χ0v) is 22.4. The van der Waals surface area contributed by atoms with E-state index in [0.717, 1.165) is 54.1 Å². The van der Waals surface area contributed by atoms with Gasteiger partial charge in [0, 0.05) is 40.7 Å². The number of rotatable bonds is 5. The minimum atomic E-state index is 0.585. The molecule has 1 aliphatic carbocycles. The van der Waals surface area contributed by atoms with Gasteiger partial charge in [-0.05, 0) is 63.2 Å². The van der Waals surface area contributed by atoms with Crippen molar-refractivity contribution in [3.8, 4) is 5.75 Å². The number of aromatic nitrogens is 2. The molecule has 1 amide bonds. The third-order valence-electron chi connectivity index (χ3n) is 7.30. The third-order valence-corrected chi connectivity index (χ3v) is 8.89. The van der Waals surface area contributed by atoms with Gasteiger partial charge in [-0.15, -0.1) is 24.0 Å². The van der Waals surface area contributed by atoms with Crippen molar-refractivity contribution in [2.75, 3.05) is 44.3 Å². The van der Waals surface area contributed by atoms with Gasteiger partial charge in [0.25, 0.3) is 0 Å². The number of benzene rings is 1. The molecular weight excluding hydrogens is 492 g/mol. The normalized spacial score (nSPS) is 18.1. The second kappa shape index (κ2) is 11.2. The average Bonchev–Trinajstić information content (AvgIpc) is 3.26. The van der Waals surface area contributed by atoms with Crippen molar-refractivity contribution >= 4 is 57.8 Å². The number of nitrogens with two attached hydrogens (primary N) is 1.